The van der Waals surface area contributed by atoms with E-state index in [1.165, 1.54) is 6.07 Å². The van der Waals surface area contributed by atoms with E-state index < -0.39 is 11.7 Å². The SMILES string of the molecule is CCNC(c1csc(Br)c1)c1ccc(C(F)(F)F)cc1C. The molecule has 0 fully saturated rings. The maximum absolute atomic E-state index is 12.8. The number of benzene rings is 1. The zero-order valence-electron chi connectivity index (χ0n) is 11.6. The Bertz CT molecular complexity index is 622. The highest BCUT2D eigenvalue weighted by Gasteiger charge is 2.31. The fraction of sp³-hybridized carbons (Fsp3) is 0.333. The molecule has 0 amide bonds. The van der Waals surface area contributed by atoms with Gasteiger partial charge in [-0.05, 0) is 69.7 Å². The number of thiophene rings is 1. The third-order valence-corrected chi connectivity index (χ3v) is 4.76. The van der Waals surface area contributed by atoms with Crippen molar-refractivity contribution in [2.45, 2.75) is 26.1 Å². The monoisotopic (exact) mass is 377 g/mol. The molecule has 0 aliphatic heterocycles. The molecule has 1 aromatic carbocycles. The van der Waals surface area contributed by atoms with Crippen LogP contribution in [0.15, 0.2) is 33.4 Å². The van der Waals surface area contributed by atoms with E-state index in [0.717, 1.165) is 27.5 Å². The van der Waals surface area contributed by atoms with E-state index in [4.69, 9.17) is 0 Å². The molecule has 2 rings (SSSR count). The Hall–Kier alpha value is -0.850. The maximum atomic E-state index is 12.8. The summed E-state index contributed by atoms with van der Waals surface area (Å²) >= 11 is 4.99. The van der Waals surface area contributed by atoms with Crippen LogP contribution in [0.3, 0.4) is 0 Å². The second-order valence-electron chi connectivity index (χ2n) is 4.74. The molecule has 1 heterocycles. The third-order valence-electron chi connectivity index (χ3n) is 3.24. The van der Waals surface area contributed by atoms with E-state index >= 15 is 0 Å². The highest BCUT2D eigenvalue weighted by Crippen LogP contribution is 2.34. The van der Waals surface area contributed by atoms with Crippen LogP contribution < -0.4 is 5.32 Å². The summed E-state index contributed by atoms with van der Waals surface area (Å²) in [6.07, 6.45) is -4.30. The number of hydrogen-bond acceptors (Lipinski definition) is 2. The van der Waals surface area contributed by atoms with Gasteiger partial charge < -0.3 is 5.32 Å². The van der Waals surface area contributed by atoms with Gasteiger partial charge in [0.25, 0.3) is 0 Å². The summed E-state index contributed by atoms with van der Waals surface area (Å²) in [6.45, 7) is 4.43. The predicted molar refractivity (Wildman–Crippen MR) is 83.7 cm³/mol. The Morgan fingerprint density at radius 2 is 2.00 bits per heavy atom. The molecule has 1 atom stereocenters. The van der Waals surface area contributed by atoms with Gasteiger partial charge in [-0.3, -0.25) is 0 Å². The number of alkyl halides is 3. The Morgan fingerprint density at radius 1 is 1.29 bits per heavy atom. The van der Waals surface area contributed by atoms with Crippen molar-refractivity contribution in [3.8, 4) is 0 Å². The van der Waals surface area contributed by atoms with Crippen molar-refractivity contribution in [3.63, 3.8) is 0 Å². The van der Waals surface area contributed by atoms with E-state index in [9.17, 15) is 13.2 Å². The normalized spacial score (nSPS) is 13.4. The minimum absolute atomic E-state index is 0.0974. The topological polar surface area (TPSA) is 12.0 Å². The molecule has 0 saturated heterocycles. The third kappa shape index (κ3) is 3.87. The molecule has 1 unspecified atom stereocenters. The Labute approximate surface area is 134 Å². The summed E-state index contributed by atoms with van der Waals surface area (Å²) in [5, 5.41) is 5.34. The van der Waals surface area contributed by atoms with Crippen molar-refractivity contribution in [1.82, 2.24) is 5.32 Å². The number of halogens is 4. The Balaban J connectivity index is 2.42. The molecule has 0 saturated carbocycles. The van der Waals surface area contributed by atoms with Crippen LogP contribution in [0.1, 0.15) is 35.2 Å². The minimum atomic E-state index is -4.30. The van der Waals surface area contributed by atoms with Crippen LogP contribution in [0, 0.1) is 6.92 Å². The van der Waals surface area contributed by atoms with Gasteiger partial charge >= 0.3 is 6.18 Å². The number of aryl methyl sites for hydroxylation is 1. The van der Waals surface area contributed by atoms with Gasteiger partial charge in [0.05, 0.1) is 15.4 Å². The van der Waals surface area contributed by atoms with Crippen molar-refractivity contribution in [2.75, 3.05) is 6.54 Å². The average molecular weight is 378 g/mol. The molecule has 114 valence electrons. The first-order valence-electron chi connectivity index (χ1n) is 6.48. The first-order chi connectivity index (χ1) is 9.82. The fourth-order valence-electron chi connectivity index (χ4n) is 2.26. The molecule has 0 aliphatic carbocycles. The van der Waals surface area contributed by atoms with Crippen molar-refractivity contribution in [1.29, 1.82) is 0 Å². The molecule has 0 radical (unpaired) electrons. The lowest BCUT2D eigenvalue weighted by molar-refractivity contribution is -0.137. The van der Waals surface area contributed by atoms with Gasteiger partial charge in [-0.25, -0.2) is 0 Å². The molecule has 2 aromatic rings. The molecular formula is C15H15BrF3NS. The summed E-state index contributed by atoms with van der Waals surface area (Å²) in [5.74, 6) is 0. The molecular weight excluding hydrogens is 363 g/mol. The van der Waals surface area contributed by atoms with Crippen LogP contribution in [0.2, 0.25) is 0 Å². The molecule has 1 N–H and O–H groups in total. The van der Waals surface area contributed by atoms with Crippen LogP contribution in [0.4, 0.5) is 13.2 Å². The summed E-state index contributed by atoms with van der Waals surface area (Å²) in [4.78, 5) is 0. The van der Waals surface area contributed by atoms with Crippen molar-refractivity contribution < 1.29 is 13.2 Å². The van der Waals surface area contributed by atoms with Gasteiger partial charge in [0.15, 0.2) is 0 Å². The number of rotatable bonds is 4. The Morgan fingerprint density at radius 3 is 2.48 bits per heavy atom. The molecule has 0 spiro atoms. The molecule has 6 heteroatoms. The Kier molecular flexibility index (Phi) is 5.11. The van der Waals surface area contributed by atoms with Crippen molar-refractivity contribution >= 4 is 27.3 Å². The second-order valence-corrected chi connectivity index (χ2v) is 7.03. The highest BCUT2D eigenvalue weighted by molar-refractivity contribution is 9.11. The van der Waals surface area contributed by atoms with E-state index in [1.54, 1.807) is 24.3 Å². The van der Waals surface area contributed by atoms with Gasteiger partial charge in [0.1, 0.15) is 0 Å². The van der Waals surface area contributed by atoms with Gasteiger partial charge in [0.2, 0.25) is 0 Å². The summed E-state index contributed by atoms with van der Waals surface area (Å²) in [7, 11) is 0. The number of nitrogens with one attached hydrogen (secondary N) is 1. The van der Waals surface area contributed by atoms with E-state index in [2.05, 4.69) is 21.2 Å². The van der Waals surface area contributed by atoms with Gasteiger partial charge in [-0.15, -0.1) is 11.3 Å². The maximum Gasteiger partial charge on any atom is 0.416 e. The minimum Gasteiger partial charge on any atom is -0.306 e. The standard InChI is InChI=1S/C15H15BrF3NS/c1-3-20-14(10-7-13(16)21-8-10)12-5-4-11(6-9(12)2)15(17,18)19/h4-8,14,20H,3H2,1-2H3. The lowest BCUT2D eigenvalue weighted by Gasteiger charge is -2.20. The van der Waals surface area contributed by atoms with E-state index in [-0.39, 0.29) is 6.04 Å². The molecule has 0 bridgehead atoms. The summed E-state index contributed by atoms with van der Waals surface area (Å²) in [6, 6.07) is 5.82. The zero-order chi connectivity index (χ0) is 15.6. The number of hydrogen-bond donors (Lipinski definition) is 1. The average Bonchev–Trinajstić information content (AvgIpc) is 2.82. The summed E-state index contributed by atoms with van der Waals surface area (Å²) in [5.41, 5.74) is 1.95. The fourth-order valence-corrected chi connectivity index (χ4v) is 3.46. The molecule has 1 nitrogen and oxygen atoms in total. The first kappa shape index (κ1) is 16.5. The van der Waals surface area contributed by atoms with E-state index in [1.807, 2.05) is 18.4 Å². The quantitative estimate of drug-likeness (QED) is 0.737. The van der Waals surface area contributed by atoms with Crippen molar-refractivity contribution in [3.05, 3.63) is 55.7 Å². The van der Waals surface area contributed by atoms with Gasteiger partial charge in [0, 0.05) is 0 Å². The first-order valence-corrected chi connectivity index (χ1v) is 8.15. The van der Waals surface area contributed by atoms with E-state index in [0.29, 0.717) is 5.56 Å². The van der Waals surface area contributed by atoms with Crippen LogP contribution in [0.25, 0.3) is 0 Å². The summed E-state index contributed by atoms with van der Waals surface area (Å²) < 4.78 is 39.3. The lowest BCUT2D eigenvalue weighted by Crippen LogP contribution is -2.22. The molecule has 21 heavy (non-hydrogen) atoms. The molecule has 0 aliphatic rings. The predicted octanol–water partition coefficient (Wildman–Crippen LogP) is 5.54. The van der Waals surface area contributed by atoms with Gasteiger partial charge in [-0.2, -0.15) is 13.2 Å². The lowest BCUT2D eigenvalue weighted by atomic mass is 9.95. The van der Waals surface area contributed by atoms with Crippen LogP contribution in [-0.4, -0.2) is 6.54 Å². The van der Waals surface area contributed by atoms with Crippen LogP contribution >= 0.6 is 27.3 Å². The second kappa shape index (κ2) is 6.50. The zero-order valence-corrected chi connectivity index (χ0v) is 14.0. The van der Waals surface area contributed by atoms with Crippen molar-refractivity contribution in [2.24, 2.45) is 0 Å². The van der Waals surface area contributed by atoms with Crippen LogP contribution in [-0.2, 0) is 6.18 Å². The highest BCUT2D eigenvalue weighted by atomic mass is 79.9. The molecule has 1 aromatic heterocycles. The smallest absolute Gasteiger partial charge is 0.306 e. The largest absolute Gasteiger partial charge is 0.416 e. The van der Waals surface area contributed by atoms with Gasteiger partial charge in [-0.1, -0.05) is 13.0 Å². The van der Waals surface area contributed by atoms with Crippen LogP contribution in [0.5, 0.6) is 0 Å².